The molecule has 5 aliphatic heterocycles. The normalized spacial score (nSPS) is 22.5. The maximum Gasteiger partial charge on any atom is 0.410 e. The summed E-state index contributed by atoms with van der Waals surface area (Å²) >= 11 is 0. The molecule has 86 heavy (non-hydrogen) atoms. The van der Waals surface area contributed by atoms with Crippen LogP contribution in [0.3, 0.4) is 0 Å². The molecule has 31 nitrogen and oxygen atoms in total. The number of carbonyl (C=O) groups excluding carboxylic acids is 5. The van der Waals surface area contributed by atoms with Crippen molar-refractivity contribution in [3.05, 3.63) is 0 Å². The second-order valence-electron chi connectivity index (χ2n) is 24.0. The summed E-state index contributed by atoms with van der Waals surface area (Å²) in [6.07, 6.45) is 4.79. The molecule has 0 aliphatic carbocycles. The average molecular weight is 1320 g/mol. The lowest BCUT2D eigenvalue weighted by molar-refractivity contribution is -0.142. The van der Waals surface area contributed by atoms with Crippen molar-refractivity contribution in [2.45, 2.75) is 141 Å². The Morgan fingerprint density at radius 1 is 0.430 bits per heavy atom. The molecule has 0 aromatic carbocycles. The third kappa shape index (κ3) is 31.6. The molecule has 0 spiro atoms. The number of hydrogen-bond acceptors (Lipinski definition) is 24. The van der Waals surface area contributed by atoms with E-state index in [1.807, 2.05) is 20.8 Å². The molecule has 0 bridgehead atoms. The van der Waals surface area contributed by atoms with Gasteiger partial charge < -0.3 is 69.7 Å². The first-order chi connectivity index (χ1) is 39.4. The molecule has 5 rings (SSSR count). The highest BCUT2D eigenvalue weighted by Gasteiger charge is 2.39. The van der Waals surface area contributed by atoms with Crippen LogP contribution in [0.2, 0.25) is 0 Å². The van der Waals surface area contributed by atoms with Crippen molar-refractivity contribution in [3.8, 4) is 0 Å². The molecule has 5 saturated heterocycles. The summed E-state index contributed by atoms with van der Waals surface area (Å²) in [7, 11) is -10.4. The number of piperazine rings is 5. The second kappa shape index (κ2) is 36.1. The molecule has 6 N–H and O–H groups in total. The molecule has 0 aromatic heterocycles. The molecule has 5 atom stereocenters. The van der Waals surface area contributed by atoms with Crippen LogP contribution >= 0.6 is 0 Å². The number of hydrogen-bond donors (Lipinski definition) is 6. The van der Waals surface area contributed by atoms with Crippen LogP contribution in [0.4, 0.5) is 14.4 Å². The lowest BCUT2D eigenvalue weighted by Crippen LogP contribution is -2.57. The molecular weight excluding hydrogens is 1220 g/mol. The largest absolute Gasteiger partial charge is 0.469 e. The molecule has 5 aliphatic rings. The van der Waals surface area contributed by atoms with Crippen molar-refractivity contribution in [2.24, 2.45) is 0 Å². The summed E-state index contributed by atoms with van der Waals surface area (Å²) in [5.74, 6) is -0.803. The molecule has 0 radical (unpaired) electrons. The fourth-order valence-corrected chi connectivity index (χ4v) is 13.8. The van der Waals surface area contributed by atoms with Gasteiger partial charge in [-0.3, -0.25) is 9.59 Å². The van der Waals surface area contributed by atoms with Gasteiger partial charge in [0.15, 0.2) is 0 Å². The van der Waals surface area contributed by atoms with E-state index in [2.05, 4.69) is 25.4 Å². The van der Waals surface area contributed by atoms with Crippen molar-refractivity contribution in [1.82, 2.24) is 47.9 Å². The highest BCUT2D eigenvalue weighted by molar-refractivity contribution is 7.89. The second-order valence-corrected chi connectivity index (χ2v) is 31.8. The number of nitrogens with one attached hydrogen (secondary N) is 3. The van der Waals surface area contributed by atoms with Gasteiger partial charge in [-0.05, 0) is 81.6 Å². The summed E-state index contributed by atoms with van der Waals surface area (Å²) in [4.78, 5) is 63.2. The van der Waals surface area contributed by atoms with Crippen LogP contribution < -0.4 is 16.0 Å². The van der Waals surface area contributed by atoms with E-state index in [9.17, 15) is 57.6 Å². The van der Waals surface area contributed by atoms with Gasteiger partial charge in [0.1, 0.15) is 16.8 Å². The van der Waals surface area contributed by atoms with Gasteiger partial charge >= 0.3 is 30.2 Å². The number of carbonyl (C=O) groups is 5. The number of sulfonamides is 4. The van der Waals surface area contributed by atoms with Gasteiger partial charge in [-0.15, -0.1) is 0 Å². The van der Waals surface area contributed by atoms with Gasteiger partial charge in [-0.1, -0.05) is 0 Å². The fourth-order valence-electron chi connectivity index (χ4n) is 9.25. The van der Waals surface area contributed by atoms with Crippen LogP contribution in [-0.2, 0) is 73.4 Å². The summed E-state index contributed by atoms with van der Waals surface area (Å²) < 4.78 is 123. The van der Waals surface area contributed by atoms with Crippen LogP contribution in [0.15, 0.2) is 0 Å². The van der Waals surface area contributed by atoms with E-state index in [1.54, 1.807) is 46.4 Å². The zero-order valence-electron chi connectivity index (χ0n) is 53.1. The Morgan fingerprint density at radius 3 is 1.08 bits per heavy atom. The minimum Gasteiger partial charge on any atom is -0.469 e. The summed E-state index contributed by atoms with van der Waals surface area (Å²) in [5, 5.41) is 36.0. The first-order valence-corrected chi connectivity index (χ1v) is 35.7. The Bertz CT molecular complexity index is 2530. The number of methoxy groups -OCH3 is 2. The maximum absolute atomic E-state index is 12.1. The smallest absolute Gasteiger partial charge is 0.410 e. The van der Waals surface area contributed by atoms with E-state index in [0.717, 1.165) is 12.5 Å². The molecule has 5 heterocycles. The molecule has 5 unspecified atom stereocenters. The van der Waals surface area contributed by atoms with Crippen LogP contribution in [0.25, 0.3) is 0 Å². The number of aliphatic hydroxyl groups excluding tert-OH is 3. The number of nitrogens with zero attached hydrogens (tertiary/aromatic N) is 7. The number of rotatable bonds is 14. The van der Waals surface area contributed by atoms with E-state index in [1.165, 1.54) is 53.8 Å². The Labute approximate surface area is 511 Å². The van der Waals surface area contributed by atoms with Gasteiger partial charge in [-0.25, -0.2) is 48.1 Å². The zero-order valence-corrected chi connectivity index (χ0v) is 56.4. The van der Waals surface area contributed by atoms with Gasteiger partial charge in [0, 0.05) is 142 Å². The van der Waals surface area contributed by atoms with Crippen LogP contribution in [0.1, 0.15) is 94.4 Å². The topological polar surface area (TPSA) is 388 Å². The van der Waals surface area contributed by atoms with Crippen molar-refractivity contribution in [3.63, 3.8) is 0 Å². The number of esters is 2. The van der Waals surface area contributed by atoms with E-state index in [-0.39, 0.29) is 95.6 Å². The number of amides is 3. The van der Waals surface area contributed by atoms with E-state index in [4.69, 9.17) is 29.5 Å². The minimum atomic E-state index is -3.47. The van der Waals surface area contributed by atoms with Crippen molar-refractivity contribution < 1.29 is 96.6 Å². The van der Waals surface area contributed by atoms with Crippen molar-refractivity contribution >= 4 is 70.3 Å². The van der Waals surface area contributed by atoms with Crippen LogP contribution in [0.5, 0.6) is 0 Å². The SMILES string of the molecule is CC(C)(C)OC(=O)N1CCN(S(C)(=O)=O)C(CCO)C1.COC(=O)CC1CN(C(=O)OC(C)(C)C)CCN1.COC(=O)CC1CN(C(=O)OC(C)(C)C)CCN1S(C)(=O)=O.CS(=O)(=O)N1CCNCC1CCO.CS(=O)(=O)N1CCNCC1CCO. The predicted octanol–water partition coefficient (Wildman–Crippen LogP) is -1.36. The van der Waals surface area contributed by atoms with Gasteiger partial charge in [0.2, 0.25) is 40.1 Å². The van der Waals surface area contributed by atoms with E-state index < -0.39 is 87.1 Å². The predicted molar refractivity (Wildman–Crippen MR) is 321 cm³/mol. The lowest BCUT2D eigenvalue weighted by atomic mass is 10.1. The summed E-state index contributed by atoms with van der Waals surface area (Å²) in [5.41, 5.74) is -1.72. The van der Waals surface area contributed by atoms with Crippen LogP contribution in [0, 0.1) is 0 Å². The molecule has 506 valence electrons. The quantitative estimate of drug-likeness (QED) is 0.0864. The fraction of sp³-hybridized carbons (Fsp3) is 0.902. The summed E-state index contributed by atoms with van der Waals surface area (Å²) in [6.45, 7) is 22.6. The van der Waals surface area contributed by atoms with Gasteiger partial charge in [-0.2, -0.15) is 17.2 Å². The van der Waals surface area contributed by atoms with Crippen molar-refractivity contribution in [1.29, 1.82) is 0 Å². The van der Waals surface area contributed by atoms with E-state index >= 15 is 0 Å². The Morgan fingerprint density at radius 2 is 0.744 bits per heavy atom. The molecule has 0 saturated carbocycles. The molecule has 5 fully saturated rings. The van der Waals surface area contributed by atoms with E-state index in [0.29, 0.717) is 84.7 Å². The highest BCUT2D eigenvalue weighted by atomic mass is 32.2. The molecule has 3 amide bonds. The molecular formula is C51H102N10O21S4. The number of ether oxygens (including phenoxy) is 5. The Kier molecular flexibility index (Phi) is 33.7. The Balaban J connectivity index is 0.000000545. The monoisotopic (exact) mass is 1320 g/mol. The van der Waals surface area contributed by atoms with Gasteiger partial charge in [0.25, 0.3) is 0 Å². The maximum atomic E-state index is 12.1. The first-order valence-electron chi connectivity index (χ1n) is 28.3. The lowest BCUT2D eigenvalue weighted by Gasteiger charge is -2.40. The van der Waals surface area contributed by atoms with Gasteiger partial charge in [0.05, 0.1) is 58.1 Å². The Hall–Kier alpha value is -3.85. The average Bonchev–Trinajstić information content (AvgIpc) is 1.74. The third-order valence-electron chi connectivity index (χ3n) is 13.0. The molecule has 0 aromatic rings. The first kappa shape index (κ1) is 80.2. The number of aliphatic hydroxyl groups is 3. The highest BCUT2D eigenvalue weighted by Crippen LogP contribution is 2.22. The third-order valence-corrected chi connectivity index (χ3v) is 18.4. The minimum absolute atomic E-state index is 0.0262. The van der Waals surface area contributed by atoms with Crippen molar-refractivity contribution in [2.75, 3.05) is 157 Å². The zero-order chi connectivity index (χ0) is 66.2. The van der Waals surface area contributed by atoms with Crippen LogP contribution in [-0.4, -0.2) is 315 Å². The summed E-state index contributed by atoms with van der Waals surface area (Å²) in [6, 6.07) is -1.30. The standard InChI is InChI=1S/C13H24N2O6S.C12H24N2O5S.C12H22N2O4.2C7H16N2O3S/c1-13(2,3)21-12(17)14-6-7-15(22(5,18)19)10(9-14)8-11(16)20-4;1-12(2,3)19-11(16)13-6-7-14(20(4,17)18)10(9-13)5-8-15;1-12(2,3)18-11(16)14-6-5-13-9(8-14)7-10(15)17-4;2*1-13(11,12)9-4-3-8-6-7(9)2-5-10/h10H,6-9H2,1-5H3;10,15H,5-9H2,1-4H3;9,13H,5-8H2,1-4H3;2*7-8,10H,2-6H2,1H3. The molecule has 35 heteroatoms.